The van der Waals surface area contributed by atoms with Gasteiger partial charge in [-0.15, -0.1) is 0 Å². The van der Waals surface area contributed by atoms with Gasteiger partial charge in [0, 0.05) is 19.6 Å². The molecule has 0 bridgehead atoms. The van der Waals surface area contributed by atoms with E-state index >= 15 is 0 Å². The van der Waals surface area contributed by atoms with Gasteiger partial charge < -0.3 is 14.6 Å². The molecule has 0 radical (unpaired) electrons. The number of aliphatic hydroxyl groups excluding tert-OH is 1. The van der Waals surface area contributed by atoms with Crippen LogP contribution in [0.15, 0.2) is 0 Å². The van der Waals surface area contributed by atoms with Gasteiger partial charge in [-0.1, -0.05) is 0 Å². The van der Waals surface area contributed by atoms with Gasteiger partial charge in [-0.2, -0.15) is 0 Å². The minimum Gasteiger partial charge on any atom is -0.388 e. The number of hydrogen-bond acceptors (Lipinski definition) is 3. The van der Waals surface area contributed by atoms with Crippen LogP contribution in [0.1, 0.15) is 26.7 Å². The summed E-state index contributed by atoms with van der Waals surface area (Å²) < 4.78 is 10.7. The van der Waals surface area contributed by atoms with E-state index in [4.69, 9.17) is 9.47 Å². The van der Waals surface area contributed by atoms with Crippen LogP contribution in [0.2, 0.25) is 0 Å². The Balaban J connectivity index is 2.42. The third-order valence-electron chi connectivity index (χ3n) is 2.05. The second-order valence-corrected chi connectivity index (χ2v) is 2.73. The molecule has 66 valence electrons. The van der Waals surface area contributed by atoms with Gasteiger partial charge in [0.1, 0.15) is 6.10 Å². The molecule has 11 heavy (non-hydrogen) atoms. The highest BCUT2D eigenvalue weighted by atomic mass is 16.7. The first kappa shape index (κ1) is 8.97. The van der Waals surface area contributed by atoms with Crippen LogP contribution in [0.3, 0.4) is 0 Å². The van der Waals surface area contributed by atoms with Gasteiger partial charge in [0.25, 0.3) is 0 Å². The predicted molar refractivity (Wildman–Crippen MR) is 41.2 cm³/mol. The van der Waals surface area contributed by atoms with Gasteiger partial charge >= 0.3 is 0 Å². The van der Waals surface area contributed by atoms with Crippen molar-refractivity contribution in [2.75, 3.05) is 13.2 Å². The van der Waals surface area contributed by atoms with Crippen molar-refractivity contribution in [1.82, 2.24) is 0 Å². The van der Waals surface area contributed by atoms with Gasteiger partial charge in [-0.05, 0) is 20.3 Å². The van der Waals surface area contributed by atoms with E-state index in [1.165, 1.54) is 0 Å². The van der Waals surface area contributed by atoms with Crippen molar-refractivity contribution in [1.29, 1.82) is 0 Å². The monoisotopic (exact) mass is 160 g/mol. The molecule has 0 aromatic carbocycles. The fourth-order valence-corrected chi connectivity index (χ4v) is 1.38. The van der Waals surface area contributed by atoms with E-state index in [-0.39, 0.29) is 0 Å². The van der Waals surface area contributed by atoms with Crippen LogP contribution in [-0.4, -0.2) is 30.2 Å². The third kappa shape index (κ3) is 1.55. The average Bonchev–Trinajstić information content (AvgIpc) is 2.01. The summed E-state index contributed by atoms with van der Waals surface area (Å²) in [5.74, 6) is -0.663. The maximum absolute atomic E-state index is 9.37. The molecular weight excluding hydrogens is 144 g/mol. The molecule has 0 amide bonds. The van der Waals surface area contributed by atoms with Crippen LogP contribution < -0.4 is 0 Å². The van der Waals surface area contributed by atoms with Crippen LogP contribution >= 0.6 is 0 Å². The molecule has 0 heterocycles. The van der Waals surface area contributed by atoms with Crippen LogP contribution in [0.4, 0.5) is 0 Å². The molecule has 1 saturated carbocycles. The Morgan fingerprint density at radius 1 is 1.36 bits per heavy atom. The maximum Gasteiger partial charge on any atom is 0.194 e. The largest absolute Gasteiger partial charge is 0.388 e. The molecule has 0 unspecified atom stereocenters. The maximum atomic E-state index is 9.37. The van der Waals surface area contributed by atoms with Crippen molar-refractivity contribution in [2.24, 2.45) is 0 Å². The normalized spacial score (nSPS) is 28.1. The van der Waals surface area contributed by atoms with Gasteiger partial charge in [-0.25, -0.2) is 0 Å². The van der Waals surface area contributed by atoms with E-state index in [1.807, 2.05) is 13.8 Å². The second-order valence-electron chi connectivity index (χ2n) is 2.73. The summed E-state index contributed by atoms with van der Waals surface area (Å²) in [4.78, 5) is 0. The number of ether oxygens (including phenoxy) is 2. The van der Waals surface area contributed by atoms with Gasteiger partial charge in [0.15, 0.2) is 5.79 Å². The first-order valence-electron chi connectivity index (χ1n) is 4.21. The highest BCUT2D eigenvalue weighted by Crippen LogP contribution is 2.36. The molecule has 0 aromatic rings. The van der Waals surface area contributed by atoms with E-state index in [0.29, 0.717) is 13.2 Å². The highest BCUT2D eigenvalue weighted by Gasteiger charge is 2.48. The fourth-order valence-electron chi connectivity index (χ4n) is 1.38. The molecular formula is C8H16O3. The van der Waals surface area contributed by atoms with Crippen molar-refractivity contribution in [3.8, 4) is 0 Å². The molecule has 0 aliphatic heterocycles. The predicted octanol–water partition coefficient (Wildman–Crippen LogP) is 0.910. The summed E-state index contributed by atoms with van der Waals surface area (Å²) in [5, 5.41) is 9.37. The first-order chi connectivity index (χ1) is 5.25. The van der Waals surface area contributed by atoms with E-state index < -0.39 is 11.9 Å². The summed E-state index contributed by atoms with van der Waals surface area (Å²) in [6.07, 6.45) is 1.18. The summed E-state index contributed by atoms with van der Waals surface area (Å²) in [5.41, 5.74) is 0. The van der Waals surface area contributed by atoms with Crippen molar-refractivity contribution in [2.45, 2.75) is 38.6 Å². The highest BCUT2D eigenvalue weighted by molar-refractivity contribution is 4.90. The average molecular weight is 160 g/mol. The van der Waals surface area contributed by atoms with Crippen molar-refractivity contribution >= 4 is 0 Å². The van der Waals surface area contributed by atoms with Crippen LogP contribution in [0.25, 0.3) is 0 Å². The molecule has 1 aliphatic carbocycles. The fraction of sp³-hybridized carbons (Fsp3) is 1.00. The Labute approximate surface area is 67.3 Å². The number of hydrogen-bond donors (Lipinski definition) is 1. The molecule has 3 nitrogen and oxygen atoms in total. The zero-order valence-electron chi connectivity index (χ0n) is 7.17. The Hall–Kier alpha value is -0.120. The minimum absolute atomic E-state index is 0.428. The lowest BCUT2D eigenvalue weighted by Gasteiger charge is -2.45. The molecule has 1 fully saturated rings. The van der Waals surface area contributed by atoms with Crippen molar-refractivity contribution in [3.05, 3.63) is 0 Å². The Bertz CT molecular complexity index is 119. The van der Waals surface area contributed by atoms with E-state index in [2.05, 4.69) is 0 Å². The SMILES string of the molecule is CCOC1(OCC)CC[C@H]1O. The smallest absolute Gasteiger partial charge is 0.194 e. The molecule has 1 atom stereocenters. The molecule has 0 saturated heterocycles. The molecule has 3 heteroatoms. The minimum atomic E-state index is -0.663. The van der Waals surface area contributed by atoms with E-state index in [9.17, 15) is 5.11 Å². The topological polar surface area (TPSA) is 38.7 Å². The molecule has 1 N–H and O–H groups in total. The molecule has 0 spiro atoms. The standard InChI is InChI=1S/C8H16O3/c1-3-10-8(11-4-2)6-5-7(8)9/h7,9H,3-6H2,1-2H3/t7-/m1/s1. The van der Waals surface area contributed by atoms with Gasteiger partial charge in [-0.3, -0.25) is 0 Å². The zero-order chi connectivity index (χ0) is 8.32. The van der Waals surface area contributed by atoms with Crippen molar-refractivity contribution in [3.63, 3.8) is 0 Å². The lowest BCUT2D eigenvalue weighted by molar-refractivity contribution is -0.324. The van der Waals surface area contributed by atoms with Crippen LogP contribution in [0, 0.1) is 0 Å². The quantitative estimate of drug-likeness (QED) is 0.621. The summed E-state index contributed by atoms with van der Waals surface area (Å²) in [7, 11) is 0. The Kier molecular flexibility index (Phi) is 2.87. The Morgan fingerprint density at radius 3 is 2.09 bits per heavy atom. The second kappa shape index (κ2) is 3.52. The Morgan fingerprint density at radius 2 is 1.91 bits per heavy atom. The molecule has 1 rings (SSSR count). The van der Waals surface area contributed by atoms with Gasteiger partial charge in [0.2, 0.25) is 0 Å². The number of rotatable bonds is 4. The lowest BCUT2D eigenvalue weighted by Crippen LogP contribution is -2.55. The molecule has 0 aromatic heterocycles. The van der Waals surface area contributed by atoms with E-state index in [0.717, 1.165) is 12.8 Å². The van der Waals surface area contributed by atoms with Gasteiger partial charge in [0.05, 0.1) is 0 Å². The summed E-state index contributed by atoms with van der Waals surface area (Å²) in [6.45, 7) is 5.01. The van der Waals surface area contributed by atoms with E-state index in [1.54, 1.807) is 0 Å². The molecule has 1 aliphatic rings. The van der Waals surface area contributed by atoms with Crippen molar-refractivity contribution < 1.29 is 14.6 Å². The number of aliphatic hydroxyl groups is 1. The van der Waals surface area contributed by atoms with Crippen LogP contribution in [0.5, 0.6) is 0 Å². The lowest BCUT2D eigenvalue weighted by atomic mass is 9.87. The summed E-state index contributed by atoms with van der Waals surface area (Å²) in [6, 6.07) is 0. The third-order valence-corrected chi connectivity index (χ3v) is 2.05. The first-order valence-corrected chi connectivity index (χ1v) is 4.21. The summed E-state index contributed by atoms with van der Waals surface area (Å²) >= 11 is 0. The van der Waals surface area contributed by atoms with Crippen LogP contribution in [-0.2, 0) is 9.47 Å². The zero-order valence-corrected chi connectivity index (χ0v) is 7.17.